The molecule has 0 radical (unpaired) electrons. The molecule has 0 fully saturated rings. The van der Waals surface area contributed by atoms with E-state index in [0.717, 1.165) is 39.0 Å². The van der Waals surface area contributed by atoms with Crippen LogP contribution in [0.4, 0.5) is 0 Å². The molecule has 1 aliphatic heterocycles. The molecule has 92 valence electrons. The van der Waals surface area contributed by atoms with Gasteiger partial charge in [-0.25, -0.2) is 4.40 Å². The lowest BCUT2D eigenvalue weighted by Crippen LogP contribution is -2.28. The summed E-state index contributed by atoms with van der Waals surface area (Å²) in [6, 6.07) is 6.04. The Morgan fingerprint density at radius 2 is 2.28 bits per heavy atom. The summed E-state index contributed by atoms with van der Waals surface area (Å²) in [6.07, 6.45) is 6.39. The molecule has 0 saturated heterocycles. The molecule has 0 aromatic heterocycles. The molecule has 1 heterocycles. The molecule has 0 amide bonds. The van der Waals surface area contributed by atoms with Gasteiger partial charge in [0.1, 0.15) is 0 Å². The van der Waals surface area contributed by atoms with Crippen LogP contribution < -0.4 is 10.6 Å². The lowest BCUT2D eigenvalue weighted by atomic mass is 9.94. The molecule has 0 unspecified atom stereocenters. The summed E-state index contributed by atoms with van der Waals surface area (Å²) in [5, 5.41) is 3.01. The van der Waals surface area contributed by atoms with Gasteiger partial charge in [-0.15, -0.1) is 12.6 Å². The summed E-state index contributed by atoms with van der Waals surface area (Å²) in [5.41, 5.74) is 2.45. The van der Waals surface area contributed by atoms with Crippen molar-refractivity contribution in [2.24, 2.45) is 4.40 Å². The van der Waals surface area contributed by atoms with E-state index in [1.54, 1.807) is 7.11 Å². The zero-order valence-corrected chi connectivity index (χ0v) is 11.7. The van der Waals surface area contributed by atoms with Gasteiger partial charge in [-0.1, -0.05) is 18.2 Å². The van der Waals surface area contributed by atoms with Crippen LogP contribution in [0.1, 0.15) is 12.8 Å². The van der Waals surface area contributed by atoms with Crippen molar-refractivity contribution in [3.8, 4) is 0 Å². The van der Waals surface area contributed by atoms with E-state index in [-0.39, 0.29) is 0 Å². The number of thiol groups is 1. The Bertz CT molecular complexity index is 674. The number of hydrogen-bond acceptors (Lipinski definition) is 4. The number of nitrogens with zero attached hydrogens (tertiary/aromatic N) is 1. The second-order valence-corrected chi connectivity index (χ2v) is 5.40. The highest BCUT2D eigenvalue weighted by atomic mass is 32.2. The van der Waals surface area contributed by atoms with Gasteiger partial charge in [-0.2, -0.15) is 0 Å². The molecule has 0 spiro atoms. The van der Waals surface area contributed by atoms with Crippen molar-refractivity contribution >= 4 is 30.1 Å². The molecule has 1 aromatic rings. The second-order valence-electron chi connectivity index (χ2n) is 4.18. The van der Waals surface area contributed by atoms with Gasteiger partial charge in [0.2, 0.25) is 0 Å². The monoisotopic (exact) mass is 275 g/mol. The Hall–Kier alpha value is -1.13. The first-order valence-electron chi connectivity index (χ1n) is 5.82. The van der Waals surface area contributed by atoms with Crippen LogP contribution in [0.3, 0.4) is 0 Å². The van der Waals surface area contributed by atoms with Crippen LogP contribution in [0, 0.1) is 0 Å². The molecular weight excluding hydrogens is 262 g/mol. The van der Waals surface area contributed by atoms with Crippen LogP contribution in [0.25, 0.3) is 5.57 Å². The van der Waals surface area contributed by atoms with E-state index < -0.39 is 0 Å². The fraction of sp³-hybridized carbons (Fsp3) is 0.214. The van der Waals surface area contributed by atoms with Crippen LogP contribution in [0.15, 0.2) is 50.3 Å². The van der Waals surface area contributed by atoms with Crippen molar-refractivity contribution in [1.82, 2.24) is 0 Å². The smallest absolute Gasteiger partial charge is 0.182 e. The third kappa shape index (κ3) is 1.89. The molecule has 0 bridgehead atoms. The van der Waals surface area contributed by atoms with Crippen molar-refractivity contribution < 1.29 is 4.74 Å². The van der Waals surface area contributed by atoms with Gasteiger partial charge in [0.25, 0.3) is 0 Å². The average Bonchev–Trinajstić information content (AvgIpc) is 2.56. The number of benzene rings is 1. The van der Waals surface area contributed by atoms with Crippen LogP contribution in [-0.4, -0.2) is 7.11 Å². The van der Waals surface area contributed by atoms with Crippen molar-refractivity contribution in [2.75, 3.05) is 7.11 Å². The molecular formula is C14H13NOS2. The zero-order chi connectivity index (χ0) is 12.5. The first-order valence-corrected chi connectivity index (χ1v) is 7.04. The summed E-state index contributed by atoms with van der Waals surface area (Å²) in [7, 11) is 1.70. The predicted octanol–water partition coefficient (Wildman–Crippen LogP) is 2.62. The summed E-state index contributed by atoms with van der Waals surface area (Å²) >= 11 is 5.98. The highest BCUT2D eigenvalue weighted by Gasteiger charge is 2.18. The Morgan fingerprint density at radius 1 is 1.39 bits per heavy atom. The van der Waals surface area contributed by atoms with E-state index in [9.17, 15) is 0 Å². The molecule has 1 aliphatic carbocycles. The minimum atomic E-state index is 0.866. The molecule has 4 heteroatoms. The standard InChI is InChI=1S/C14H13NOS2/c1-16-14-10-6-3-2-5-9(10)13-11(15-18-14)7-4-8-12(13)17/h3-4,6-8,17H,2,5H2,1H3. The fourth-order valence-corrected chi connectivity index (χ4v) is 3.35. The molecule has 0 saturated carbocycles. The Balaban J connectivity index is 2.44. The highest BCUT2D eigenvalue weighted by molar-refractivity contribution is 8.01. The van der Waals surface area contributed by atoms with Gasteiger partial charge in [0.15, 0.2) is 5.09 Å². The van der Waals surface area contributed by atoms with Crippen molar-refractivity contribution in [2.45, 2.75) is 17.7 Å². The number of ether oxygens (including phenoxy) is 1. The SMILES string of the molecule is COC1=C2C=CCCC2=c2c(S)cccc2=NS1. The third-order valence-electron chi connectivity index (χ3n) is 3.13. The predicted molar refractivity (Wildman–Crippen MR) is 77.9 cm³/mol. The molecule has 2 nitrogen and oxygen atoms in total. The maximum Gasteiger partial charge on any atom is 0.182 e. The first-order chi connectivity index (χ1) is 8.81. The largest absolute Gasteiger partial charge is 0.488 e. The zero-order valence-electron chi connectivity index (χ0n) is 10.0. The highest BCUT2D eigenvalue weighted by Crippen LogP contribution is 2.33. The van der Waals surface area contributed by atoms with E-state index in [0.29, 0.717) is 0 Å². The van der Waals surface area contributed by atoms with E-state index in [1.165, 1.54) is 17.5 Å². The summed E-state index contributed by atoms with van der Waals surface area (Å²) in [5.74, 6) is 0. The molecule has 0 atom stereocenters. The molecule has 2 aliphatic rings. The summed E-state index contributed by atoms with van der Waals surface area (Å²) < 4.78 is 10.0. The van der Waals surface area contributed by atoms with Crippen LogP contribution in [-0.2, 0) is 4.74 Å². The van der Waals surface area contributed by atoms with Crippen LogP contribution >= 0.6 is 24.6 Å². The van der Waals surface area contributed by atoms with E-state index in [1.807, 2.05) is 18.2 Å². The topological polar surface area (TPSA) is 21.6 Å². The van der Waals surface area contributed by atoms with Crippen LogP contribution in [0.5, 0.6) is 0 Å². The molecule has 1 aromatic carbocycles. The Kier molecular flexibility index (Phi) is 3.22. The minimum absolute atomic E-state index is 0.866. The summed E-state index contributed by atoms with van der Waals surface area (Å²) in [4.78, 5) is 0.983. The second kappa shape index (κ2) is 4.86. The average molecular weight is 275 g/mol. The van der Waals surface area contributed by atoms with Crippen molar-refractivity contribution in [3.05, 3.63) is 51.6 Å². The van der Waals surface area contributed by atoms with Gasteiger partial charge in [-0.05, 0) is 30.5 Å². The van der Waals surface area contributed by atoms with Gasteiger partial charge in [0.05, 0.1) is 12.5 Å². The molecule has 18 heavy (non-hydrogen) atoms. The Morgan fingerprint density at radius 3 is 3.11 bits per heavy atom. The van der Waals surface area contributed by atoms with E-state index >= 15 is 0 Å². The number of hydrogen-bond donors (Lipinski definition) is 1. The van der Waals surface area contributed by atoms with E-state index in [2.05, 4.69) is 29.2 Å². The number of fused-ring (bicyclic) bond motifs is 2. The molecule has 3 rings (SSSR count). The van der Waals surface area contributed by atoms with Gasteiger partial charge in [0, 0.05) is 27.6 Å². The summed E-state index contributed by atoms with van der Waals surface area (Å²) in [6.45, 7) is 0. The lowest BCUT2D eigenvalue weighted by molar-refractivity contribution is 0.323. The van der Waals surface area contributed by atoms with Gasteiger partial charge >= 0.3 is 0 Å². The minimum Gasteiger partial charge on any atom is -0.488 e. The first kappa shape index (κ1) is 11.9. The lowest BCUT2D eigenvalue weighted by Gasteiger charge is -2.15. The normalized spacial score (nSPS) is 17.8. The number of methoxy groups -OCH3 is 1. The van der Waals surface area contributed by atoms with Gasteiger partial charge < -0.3 is 4.74 Å². The maximum absolute atomic E-state index is 5.46. The van der Waals surface area contributed by atoms with Gasteiger partial charge in [-0.3, -0.25) is 0 Å². The number of rotatable bonds is 1. The maximum atomic E-state index is 5.46. The quantitative estimate of drug-likeness (QED) is 0.628. The van der Waals surface area contributed by atoms with Crippen molar-refractivity contribution in [1.29, 1.82) is 0 Å². The molecule has 0 N–H and O–H groups in total. The Labute approximate surface area is 116 Å². The number of allylic oxidation sites excluding steroid dienone is 3. The van der Waals surface area contributed by atoms with Crippen LogP contribution in [0.2, 0.25) is 0 Å². The fourth-order valence-electron chi connectivity index (χ4n) is 2.32. The third-order valence-corrected chi connectivity index (χ3v) is 4.34. The van der Waals surface area contributed by atoms with Crippen molar-refractivity contribution in [3.63, 3.8) is 0 Å². The van der Waals surface area contributed by atoms with E-state index in [4.69, 9.17) is 4.74 Å².